The van der Waals surface area contributed by atoms with Crippen LogP contribution in [0.15, 0.2) is 24.3 Å². The Balaban J connectivity index is 0.00000529. The maximum absolute atomic E-state index is 9.25. The van der Waals surface area contributed by atoms with Crippen LogP contribution in [0.3, 0.4) is 0 Å². The van der Waals surface area contributed by atoms with E-state index < -0.39 is 0 Å². The molecule has 0 atom stereocenters. The Bertz CT molecular complexity index is 361. The molecule has 0 radical (unpaired) electrons. The van der Waals surface area contributed by atoms with Crippen LogP contribution >= 0.6 is 0 Å². The molecule has 0 aliphatic carbocycles. The van der Waals surface area contributed by atoms with Crippen molar-refractivity contribution < 1.29 is 5.11 Å². The molecule has 0 saturated carbocycles. The summed E-state index contributed by atoms with van der Waals surface area (Å²) in [5.41, 5.74) is 1.35. The second-order valence-corrected chi connectivity index (χ2v) is 7.01. The quantitative estimate of drug-likeness (QED) is 0.279. The zero-order valence-electron chi connectivity index (χ0n) is 15.4. The number of phenols is 1. The standard InChI is InChI=1S/C22H38O.Ca.2H/c1-2-3-4-5-6-7-8-9-10-11-12-13-14-15-16-21-17-19-22(23)20-18-21;;;/h17-20,23H,2-16H2,1H3;;;. The van der Waals surface area contributed by atoms with Gasteiger partial charge >= 0.3 is 37.7 Å². The van der Waals surface area contributed by atoms with E-state index in [0.717, 1.165) is 6.42 Å². The third kappa shape index (κ3) is 14.6. The second-order valence-electron chi connectivity index (χ2n) is 7.01. The van der Waals surface area contributed by atoms with Gasteiger partial charge in [0.1, 0.15) is 5.75 Å². The van der Waals surface area contributed by atoms with Gasteiger partial charge in [-0.3, -0.25) is 0 Å². The van der Waals surface area contributed by atoms with Crippen LogP contribution in [0.4, 0.5) is 0 Å². The fourth-order valence-corrected chi connectivity index (χ4v) is 3.19. The van der Waals surface area contributed by atoms with Gasteiger partial charge in [0, 0.05) is 0 Å². The van der Waals surface area contributed by atoms with Gasteiger partial charge in [-0.1, -0.05) is 103 Å². The van der Waals surface area contributed by atoms with Gasteiger partial charge in [-0.2, -0.15) is 0 Å². The Morgan fingerprint density at radius 3 is 1.38 bits per heavy atom. The summed E-state index contributed by atoms with van der Waals surface area (Å²) in [4.78, 5) is 0. The molecule has 136 valence electrons. The molecule has 0 saturated heterocycles. The van der Waals surface area contributed by atoms with E-state index in [1.54, 1.807) is 12.1 Å². The molecule has 1 aromatic rings. The molecule has 1 N–H and O–H groups in total. The van der Waals surface area contributed by atoms with Crippen LogP contribution in [0.1, 0.15) is 102 Å². The number of phenolic OH excluding ortho intramolecular Hbond substituents is 1. The summed E-state index contributed by atoms with van der Waals surface area (Å²) in [7, 11) is 0. The number of unbranched alkanes of at least 4 members (excludes halogenated alkanes) is 13. The van der Waals surface area contributed by atoms with Crippen molar-refractivity contribution in [2.45, 2.75) is 103 Å². The zero-order valence-corrected chi connectivity index (χ0v) is 15.4. The van der Waals surface area contributed by atoms with Crippen molar-refractivity contribution in [1.29, 1.82) is 0 Å². The van der Waals surface area contributed by atoms with Crippen LogP contribution in [0.2, 0.25) is 0 Å². The Kier molecular flexibility index (Phi) is 18.3. The summed E-state index contributed by atoms with van der Waals surface area (Å²) in [5.74, 6) is 0.370. The number of hydrogen-bond donors (Lipinski definition) is 1. The third-order valence-electron chi connectivity index (χ3n) is 4.76. The summed E-state index contributed by atoms with van der Waals surface area (Å²) in [5, 5.41) is 9.25. The SMILES string of the molecule is CCCCCCCCCCCCCCCCc1ccc(O)cc1.[CaH2]. The molecule has 1 rings (SSSR count). The van der Waals surface area contributed by atoms with Gasteiger partial charge in [0.2, 0.25) is 0 Å². The summed E-state index contributed by atoms with van der Waals surface area (Å²) in [6, 6.07) is 7.66. The van der Waals surface area contributed by atoms with Crippen molar-refractivity contribution in [2.24, 2.45) is 0 Å². The normalized spacial score (nSPS) is 10.5. The van der Waals surface area contributed by atoms with E-state index in [1.807, 2.05) is 12.1 Å². The van der Waals surface area contributed by atoms with Gasteiger partial charge in [0.05, 0.1) is 0 Å². The molecule has 0 aliphatic rings. The van der Waals surface area contributed by atoms with E-state index in [1.165, 1.54) is 95.5 Å². The Morgan fingerprint density at radius 2 is 0.958 bits per heavy atom. The third-order valence-corrected chi connectivity index (χ3v) is 4.76. The average Bonchev–Trinajstić information content (AvgIpc) is 2.57. The van der Waals surface area contributed by atoms with Crippen LogP contribution < -0.4 is 0 Å². The second kappa shape index (κ2) is 18.1. The number of rotatable bonds is 15. The predicted molar refractivity (Wildman–Crippen MR) is 111 cm³/mol. The summed E-state index contributed by atoms with van der Waals surface area (Å²) < 4.78 is 0. The van der Waals surface area contributed by atoms with Crippen LogP contribution in [0.5, 0.6) is 5.75 Å². The van der Waals surface area contributed by atoms with Crippen molar-refractivity contribution in [3.05, 3.63) is 29.8 Å². The van der Waals surface area contributed by atoms with Crippen molar-refractivity contribution >= 4 is 37.7 Å². The topological polar surface area (TPSA) is 20.2 Å². The number of benzene rings is 1. The van der Waals surface area contributed by atoms with Crippen molar-refractivity contribution in [3.63, 3.8) is 0 Å². The first kappa shape index (κ1) is 24.3. The average molecular weight is 361 g/mol. The molecule has 1 aromatic carbocycles. The molecule has 0 heterocycles. The fraction of sp³-hybridized carbons (Fsp3) is 0.727. The zero-order chi connectivity index (χ0) is 16.6. The van der Waals surface area contributed by atoms with Gasteiger partial charge in [0.15, 0.2) is 0 Å². The molecule has 0 amide bonds. The first-order valence-electron chi connectivity index (χ1n) is 10.1. The van der Waals surface area contributed by atoms with E-state index in [9.17, 15) is 5.11 Å². The molecule has 24 heavy (non-hydrogen) atoms. The number of aryl methyl sites for hydroxylation is 1. The van der Waals surface area contributed by atoms with Crippen LogP contribution in [0.25, 0.3) is 0 Å². The molecule has 2 heteroatoms. The molecule has 0 fully saturated rings. The van der Waals surface area contributed by atoms with Crippen molar-refractivity contribution in [2.75, 3.05) is 0 Å². The van der Waals surface area contributed by atoms with Gasteiger partial charge < -0.3 is 5.11 Å². The molecule has 1 nitrogen and oxygen atoms in total. The monoisotopic (exact) mass is 360 g/mol. The predicted octanol–water partition coefficient (Wildman–Crippen LogP) is 6.50. The maximum atomic E-state index is 9.25. The van der Waals surface area contributed by atoms with Crippen molar-refractivity contribution in [3.8, 4) is 5.75 Å². The number of hydrogen-bond acceptors (Lipinski definition) is 1. The Hall–Kier alpha value is 0.280. The molecule has 0 unspecified atom stereocenters. The molecular weight excluding hydrogens is 320 g/mol. The Morgan fingerprint density at radius 1 is 0.583 bits per heavy atom. The Labute approximate surface area is 180 Å². The van der Waals surface area contributed by atoms with Crippen molar-refractivity contribution in [1.82, 2.24) is 0 Å². The van der Waals surface area contributed by atoms with Gasteiger partial charge in [0.25, 0.3) is 0 Å². The van der Waals surface area contributed by atoms with Crippen LogP contribution in [-0.4, -0.2) is 42.8 Å². The van der Waals surface area contributed by atoms with Gasteiger partial charge in [-0.25, -0.2) is 0 Å². The van der Waals surface area contributed by atoms with E-state index in [0.29, 0.717) is 5.75 Å². The minimum atomic E-state index is 0. The number of aromatic hydroxyl groups is 1. The summed E-state index contributed by atoms with van der Waals surface area (Å²) >= 11 is 0. The van der Waals surface area contributed by atoms with Gasteiger partial charge in [-0.05, 0) is 30.5 Å². The molecular formula is C22H40CaO. The summed E-state index contributed by atoms with van der Waals surface area (Å²) in [6.45, 7) is 2.29. The first-order valence-corrected chi connectivity index (χ1v) is 10.1. The van der Waals surface area contributed by atoms with E-state index in [-0.39, 0.29) is 37.7 Å². The molecule has 0 spiro atoms. The fourth-order valence-electron chi connectivity index (χ4n) is 3.19. The molecule has 0 aromatic heterocycles. The molecule has 0 bridgehead atoms. The van der Waals surface area contributed by atoms with E-state index >= 15 is 0 Å². The van der Waals surface area contributed by atoms with E-state index in [2.05, 4.69) is 6.92 Å². The van der Waals surface area contributed by atoms with Crippen LogP contribution in [0, 0.1) is 0 Å². The van der Waals surface area contributed by atoms with Gasteiger partial charge in [-0.15, -0.1) is 0 Å². The molecule has 0 aliphatic heterocycles. The van der Waals surface area contributed by atoms with E-state index in [4.69, 9.17) is 0 Å². The first-order chi connectivity index (χ1) is 11.3. The minimum absolute atomic E-state index is 0. The summed E-state index contributed by atoms with van der Waals surface area (Å²) in [6.07, 6.45) is 20.9. The van der Waals surface area contributed by atoms with Crippen LogP contribution in [-0.2, 0) is 6.42 Å².